The van der Waals surface area contributed by atoms with E-state index in [0.717, 1.165) is 5.56 Å². The zero-order valence-corrected chi connectivity index (χ0v) is 10.0. The molecule has 2 rings (SSSR count). The van der Waals surface area contributed by atoms with Crippen LogP contribution in [0.1, 0.15) is 21.7 Å². The summed E-state index contributed by atoms with van der Waals surface area (Å²) in [7, 11) is 1.55. The van der Waals surface area contributed by atoms with Crippen molar-refractivity contribution in [1.29, 1.82) is 0 Å². The van der Waals surface area contributed by atoms with Crippen LogP contribution in [0.4, 0.5) is 0 Å². The smallest absolute Gasteiger partial charge is 0.271 e. The molecule has 0 bridgehead atoms. The molecule has 1 aromatic carbocycles. The summed E-state index contributed by atoms with van der Waals surface area (Å²) in [6.07, 6.45) is 0. The Kier molecular flexibility index (Phi) is 3.69. The van der Waals surface area contributed by atoms with Gasteiger partial charge in [-0.15, -0.1) is 5.10 Å². The van der Waals surface area contributed by atoms with Gasteiger partial charge in [0.1, 0.15) is 0 Å². The fraction of sp³-hybridized carbons (Fsp3) is 0.250. The molecule has 18 heavy (non-hydrogen) atoms. The highest BCUT2D eigenvalue weighted by atomic mass is 16.5. The molecule has 0 saturated carbocycles. The number of nitrogens with two attached hydrogens (primary N) is 1. The highest BCUT2D eigenvalue weighted by Gasteiger charge is 2.17. The lowest BCUT2D eigenvalue weighted by Gasteiger charge is -2.06. The molecule has 2 aromatic rings. The molecular formula is C12H14N4O2. The van der Waals surface area contributed by atoms with Crippen molar-refractivity contribution in [2.24, 2.45) is 5.73 Å². The van der Waals surface area contributed by atoms with E-state index in [9.17, 15) is 4.79 Å². The van der Waals surface area contributed by atoms with Gasteiger partial charge in [-0.1, -0.05) is 35.5 Å². The van der Waals surface area contributed by atoms with Crippen molar-refractivity contribution < 1.29 is 9.53 Å². The number of benzene rings is 1. The van der Waals surface area contributed by atoms with Crippen LogP contribution in [0.15, 0.2) is 30.3 Å². The van der Waals surface area contributed by atoms with E-state index in [0.29, 0.717) is 12.2 Å². The van der Waals surface area contributed by atoms with E-state index in [4.69, 9.17) is 10.5 Å². The van der Waals surface area contributed by atoms with Crippen molar-refractivity contribution in [3.63, 3.8) is 0 Å². The molecule has 1 heterocycles. The minimum absolute atomic E-state index is 0.160. The molecule has 0 aliphatic rings. The van der Waals surface area contributed by atoms with E-state index in [2.05, 4.69) is 10.3 Å². The third kappa shape index (κ3) is 2.54. The Bertz CT molecular complexity index is 536. The van der Waals surface area contributed by atoms with E-state index < -0.39 is 5.91 Å². The van der Waals surface area contributed by atoms with Crippen molar-refractivity contribution in [1.82, 2.24) is 15.0 Å². The van der Waals surface area contributed by atoms with Gasteiger partial charge in [0.05, 0.1) is 18.8 Å². The maximum absolute atomic E-state index is 11.2. The van der Waals surface area contributed by atoms with Crippen LogP contribution in [-0.4, -0.2) is 28.0 Å². The molecule has 1 amide bonds. The Labute approximate surface area is 104 Å². The second kappa shape index (κ2) is 5.42. The van der Waals surface area contributed by atoms with Gasteiger partial charge in [0, 0.05) is 7.11 Å². The number of hydrogen-bond acceptors (Lipinski definition) is 4. The Morgan fingerprint density at radius 1 is 1.39 bits per heavy atom. The minimum atomic E-state index is -0.596. The molecule has 6 heteroatoms. The van der Waals surface area contributed by atoms with Gasteiger partial charge in [-0.3, -0.25) is 4.79 Å². The van der Waals surface area contributed by atoms with E-state index in [1.807, 2.05) is 30.3 Å². The Morgan fingerprint density at radius 3 is 2.72 bits per heavy atom. The first kappa shape index (κ1) is 12.3. The molecule has 0 aliphatic heterocycles. The van der Waals surface area contributed by atoms with Crippen molar-refractivity contribution >= 4 is 5.91 Å². The first-order valence-corrected chi connectivity index (χ1v) is 5.47. The van der Waals surface area contributed by atoms with Gasteiger partial charge >= 0.3 is 0 Å². The summed E-state index contributed by atoms with van der Waals surface area (Å²) in [5, 5.41) is 7.73. The second-order valence-electron chi connectivity index (χ2n) is 3.83. The normalized spacial score (nSPS) is 10.5. The van der Waals surface area contributed by atoms with Gasteiger partial charge < -0.3 is 10.5 Å². The average molecular weight is 246 g/mol. The third-order valence-electron chi connectivity index (χ3n) is 2.53. The zero-order chi connectivity index (χ0) is 13.0. The number of aromatic nitrogens is 3. The van der Waals surface area contributed by atoms with Crippen LogP contribution in [-0.2, 0) is 17.9 Å². The van der Waals surface area contributed by atoms with Crippen LogP contribution in [0, 0.1) is 0 Å². The van der Waals surface area contributed by atoms with Gasteiger partial charge in [0.2, 0.25) is 0 Å². The van der Waals surface area contributed by atoms with Crippen molar-refractivity contribution in [3.8, 4) is 0 Å². The van der Waals surface area contributed by atoms with Crippen molar-refractivity contribution in [3.05, 3.63) is 47.3 Å². The molecule has 1 aromatic heterocycles. The van der Waals surface area contributed by atoms with Gasteiger partial charge in [-0.2, -0.15) is 0 Å². The predicted octanol–water partition coefficient (Wildman–Crippen LogP) is 0.572. The summed E-state index contributed by atoms with van der Waals surface area (Å²) in [5.41, 5.74) is 7.06. The fourth-order valence-corrected chi connectivity index (χ4v) is 1.69. The maximum Gasteiger partial charge on any atom is 0.271 e. The number of carbonyl (C=O) groups is 1. The number of methoxy groups -OCH3 is 1. The molecule has 0 radical (unpaired) electrons. The second-order valence-corrected chi connectivity index (χ2v) is 3.83. The largest absolute Gasteiger partial charge is 0.378 e. The van der Waals surface area contributed by atoms with Crippen LogP contribution in [0.3, 0.4) is 0 Å². The van der Waals surface area contributed by atoms with Gasteiger partial charge in [-0.25, -0.2) is 4.68 Å². The van der Waals surface area contributed by atoms with E-state index in [-0.39, 0.29) is 12.3 Å². The SMILES string of the molecule is COCc1c(C(N)=O)nnn1Cc1ccccc1. The summed E-state index contributed by atoms with van der Waals surface area (Å²) in [4.78, 5) is 11.2. The lowest BCUT2D eigenvalue weighted by molar-refractivity contribution is 0.0990. The molecule has 0 atom stereocenters. The number of carbonyl (C=O) groups excluding carboxylic acids is 1. The number of rotatable bonds is 5. The molecular weight excluding hydrogens is 232 g/mol. The van der Waals surface area contributed by atoms with Crippen LogP contribution in [0.25, 0.3) is 0 Å². The standard InChI is InChI=1S/C12H14N4O2/c1-18-8-10-11(12(13)17)14-15-16(10)7-9-5-3-2-4-6-9/h2-6H,7-8H2,1H3,(H2,13,17). The van der Waals surface area contributed by atoms with Gasteiger partial charge in [0.15, 0.2) is 5.69 Å². The monoisotopic (exact) mass is 246 g/mol. The molecule has 2 N–H and O–H groups in total. The first-order valence-electron chi connectivity index (χ1n) is 5.47. The summed E-state index contributed by atoms with van der Waals surface area (Å²) in [6.45, 7) is 0.776. The number of nitrogens with zero attached hydrogens (tertiary/aromatic N) is 3. The summed E-state index contributed by atoms with van der Waals surface area (Å²) < 4.78 is 6.67. The van der Waals surface area contributed by atoms with E-state index in [1.165, 1.54) is 0 Å². The van der Waals surface area contributed by atoms with Crippen molar-refractivity contribution in [2.45, 2.75) is 13.2 Å². The van der Waals surface area contributed by atoms with Crippen LogP contribution in [0.2, 0.25) is 0 Å². The molecule has 0 saturated heterocycles. The Morgan fingerprint density at radius 2 is 2.11 bits per heavy atom. The maximum atomic E-state index is 11.2. The van der Waals surface area contributed by atoms with Gasteiger partial charge in [-0.05, 0) is 5.56 Å². The van der Waals surface area contributed by atoms with Crippen LogP contribution in [0.5, 0.6) is 0 Å². The fourth-order valence-electron chi connectivity index (χ4n) is 1.69. The lowest BCUT2D eigenvalue weighted by atomic mass is 10.2. The molecule has 94 valence electrons. The Hall–Kier alpha value is -2.21. The number of primary amides is 1. The van der Waals surface area contributed by atoms with Crippen LogP contribution < -0.4 is 5.73 Å². The number of amides is 1. The van der Waals surface area contributed by atoms with Crippen molar-refractivity contribution in [2.75, 3.05) is 7.11 Å². The van der Waals surface area contributed by atoms with Gasteiger partial charge in [0.25, 0.3) is 5.91 Å². The highest BCUT2D eigenvalue weighted by molar-refractivity contribution is 5.91. The summed E-state index contributed by atoms with van der Waals surface area (Å²) in [6, 6.07) is 9.77. The molecule has 6 nitrogen and oxygen atoms in total. The number of ether oxygens (including phenoxy) is 1. The van der Waals surface area contributed by atoms with Crippen LogP contribution >= 0.6 is 0 Å². The Balaban J connectivity index is 2.30. The lowest BCUT2D eigenvalue weighted by Crippen LogP contribution is -2.16. The minimum Gasteiger partial charge on any atom is -0.378 e. The highest BCUT2D eigenvalue weighted by Crippen LogP contribution is 2.09. The first-order chi connectivity index (χ1) is 8.72. The topological polar surface area (TPSA) is 83.0 Å². The van der Waals surface area contributed by atoms with E-state index in [1.54, 1.807) is 11.8 Å². The summed E-state index contributed by atoms with van der Waals surface area (Å²) >= 11 is 0. The molecule has 0 aliphatic carbocycles. The number of hydrogen-bond donors (Lipinski definition) is 1. The molecule has 0 unspecified atom stereocenters. The third-order valence-corrected chi connectivity index (χ3v) is 2.53. The predicted molar refractivity (Wildman–Crippen MR) is 64.8 cm³/mol. The zero-order valence-electron chi connectivity index (χ0n) is 10.0. The van der Waals surface area contributed by atoms with E-state index >= 15 is 0 Å². The quantitative estimate of drug-likeness (QED) is 0.836. The summed E-state index contributed by atoms with van der Waals surface area (Å²) in [5.74, 6) is -0.596. The molecule has 0 spiro atoms. The average Bonchev–Trinajstić information content (AvgIpc) is 2.74. The molecule has 0 fully saturated rings.